The lowest BCUT2D eigenvalue weighted by Gasteiger charge is -2.34. The Hall–Kier alpha value is -4.20. The van der Waals surface area contributed by atoms with Crippen LogP contribution in [0.5, 0.6) is 11.5 Å². The summed E-state index contributed by atoms with van der Waals surface area (Å²) in [6.07, 6.45) is 3.23. The largest absolute Gasteiger partial charge is 0.457 e. The maximum absolute atomic E-state index is 13.0. The van der Waals surface area contributed by atoms with Gasteiger partial charge in [-0.25, -0.2) is 14.6 Å². The second-order valence-corrected chi connectivity index (χ2v) is 9.42. The van der Waals surface area contributed by atoms with Crippen molar-refractivity contribution in [1.29, 1.82) is 0 Å². The van der Waals surface area contributed by atoms with Crippen molar-refractivity contribution >= 4 is 22.8 Å². The topological polar surface area (TPSA) is 99.2 Å². The fraction of sp³-hybridized carbons (Fsp3) is 0.286. The fourth-order valence-corrected chi connectivity index (χ4v) is 4.55. The average molecular weight is 483 g/mol. The minimum Gasteiger partial charge on any atom is -0.457 e. The Morgan fingerprint density at radius 3 is 2.53 bits per heavy atom. The minimum absolute atomic E-state index is 0.00882. The van der Waals surface area contributed by atoms with Gasteiger partial charge in [0, 0.05) is 24.2 Å². The molecule has 2 N–H and O–H groups in total. The Morgan fingerprint density at radius 2 is 1.81 bits per heavy atom. The molecule has 1 atom stereocenters. The molecule has 2 aromatic carbocycles. The predicted octanol–water partition coefficient (Wildman–Crippen LogP) is 5.24. The number of amides is 1. The molecule has 1 aliphatic rings. The summed E-state index contributed by atoms with van der Waals surface area (Å²) in [5.74, 6) is 1.99. The zero-order valence-electron chi connectivity index (χ0n) is 20.6. The van der Waals surface area contributed by atoms with Crippen LogP contribution in [0.15, 0.2) is 73.1 Å². The van der Waals surface area contributed by atoms with Gasteiger partial charge in [0.2, 0.25) is 5.91 Å². The molecule has 0 saturated carbocycles. The molecule has 184 valence electrons. The van der Waals surface area contributed by atoms with Crippen LogP contribution in [-0.2, 0) is 4.79 Å². The summed E-state index contributed by atoms with van der Waals surface area (Å²) in [5.41, 5.74) is 9.21. The van der Waals surface area contributed by atoms with E-state index in [0.717, 1.165) is 29.9 Å². The average Bonchev–Trinajstić information content (AvgIpc) is 3.30. The summed E-state index contributed by atoms with van der Waals surface area (Å²) < 4.78 is 7.84. The molecule has 8 nitrogen and oxygen atoms in total. The summed E-state index contributed by atoms with van der Waals surface area (Å²) >= 11 is 0. The van der Waals surface area contributed by atoms with Crippen LogP contribution in [0.1, 0.15) is 32.7 Å². The molecule has 0 bridgehead atoms. The van der Waals surface area contributed by atoms with Gasteiger partial charge >= 0.3 is 0 Å². The van der Waals surface area contributed by atoms with Gasteiger partial charge in [0.1, 0.15) is 29.3 Å². The molecule has 0 spiro atoms. The number of hydrogen-bond donors (Lipinski definition) is 1. The molecule has 8 heteroatoms. The van der Waals surface area contributed by atoms with Crippen molar-refractivity contribution in [2.24, 2.45) is 5.92 Å². The number of nitrogen functional groups attached to an aromatic ring is 1. The first-order valence-corrected chi connectivity index (χ1v) is 12.2. The third kappa shape index (κ3) is 4.54. The second-order valence-electron chi connectivity index (χ2n) is 9.42. The number of aromatic nitrogens is 4. The van der Waals surface area contributed by atoms with Gasteiger partial charge in [-0.05, 0) is 55.2 Å². The van der Waals surface area contributed by atoms with E-state index in [1.54, 1.807) is 0 Å². The monoisotopic (exact) mass is 482 g/mol. The van der Waals surface area contributed by atoms with Crippen molar-refractivity contribution in [2.45, 2.75) is 32.7 Å². The second kappa shape index (κ2) is 9.81. The molecule has 3 heterocycles. The van der Waals surface area contributed by atoms with Crippen molar-refractivity contribution in [3.8, 4) is 22.8 Å². The molecule has 1 fully saturated rings. The molecule has 0 radical (unpaired) electrons. The molecule has 0 aliphatic carbocycles. The number of para-hydroxylation sites is 1. The minimum atomic E-state index is -0.0195. The molecule has 1 saturated heterocycles. The highest BCUT2D eigenvalue weighted by Gasteiger charge is 2.30. The number of ether oxygens (including phenoxy) is 1. The van der Waals surface area contributed by atoms with E-state index in [4.69, 9.17) is 15.6 Å². The molecular weight excluding hydrogens is 452 g/mol. The smallest absolute Gasteiger partial charge is 0.249 e. The van der Waals surface area contributed by atoms with E-state index in [1.165, 1.54) is 6.33 Å². The number of carbonyl (C=O) groups excluding carboxylic acids is 1. The lowest BCUT2D eigenvalue weighted by atomic mass is 10.0. The Bertz CT molecular complexity index is 1400. The SMILES string of the molecule is C=C(C(=O)N1CCC[C@@H](n2nc(-c3ccc(Oc4ccccc4)cc3)c3c(N)ncnc32)C1)C(C)C. The van der Waals surface area contributed by atoms with Crippen LogP contribution in [0.4, 0.5) is 5.82 Å². The van der Waals surface area contributed by atoms with E-state index in [1.807, 2.05) is 78.0 Å². The number of fused-ring (bicyclic) bond motifs is 1. The van der Waals surface area contributed by atoms with Gasteiger partial charge < -0.3 is 15.4 Å². The normalized spacial score (nSPS) is 15.9. The van der Waals surface area contributed by atoms with Gasteiger partial charge in [-0.2, -0.15) is 5.10 Å². The van der Waals surface area contributed by atoms with E-state index >= 15 is 0 Å². The van der Waals surface area contributed by atoms with Crippen LogP contribution >= 0.6 is 0 Å². The van der Waals surface area contributed by atoms with Crippen LogP contribution < -0.4 is 10.5 Å². The number of nitrogens with zero attached hydrogens (tertiary/aromatic N) is 5. The lowest BCUT2D eigenvalue weighted by Crippen LogP contribution is -2.42. The first-order valence-electron chi connectivity index (χ1n) is 12.2. The van der Waals surface area contributed by atoms with E-state index in [2.05, 4.69) is 16.5 Å². The summed E-state index contributed by atoms with van der Waals surface area (Å²) in [5, 5.41) is 5.68. The van der Waals surface area contributed by atoms with E-state index in [9.17, 15) is 4.79 Å². The molecule has 36 heavy (non-hydrogen) atoms. The van der Waals surface area contributed by atoms with Crippen LogP contribution in [0.2, 0.25) is 0 Å². The van der Waals surface area contributed by atoms with E-state index in [-0.39, 0.29) is 17.9 Å². The number of carbonyl (C=O) groups is 1. The van der Waals surface area contributed by atoms with Gasteiger partial charge in [0.15, 0.2) is 5.65 Å². The highest BCUT2D eigenvalue weighted by molar-refractivity contribution is 5.98. The number of rotatable bonds is 6. The summed E-state index contributed by atoms with van der Waals surface area (Å²) in [6, 6.07) is 17.4. The van der Waals surface area contributed by atoms with E-state index < -0.39 is 0 Å². The zero-order valence-corrected chi connectivity index (χ0v) is 20.6. The number of piperidine rings is 1. The highest BCUT2D eigenvalue weighted by Crippen LogP contribution is 2.35. The van der Waals surface area contributed by atoms with Crippen molar-refractivity contribution in [3.05, 3.63) is 73.1 Å². The van der Waals surface area contributed by atoms with Crippen LogP contribution in [0.25, 0.3) is 22.3 Å². The number of likely N-dealkylation sites (tertiary alicyclic amines) is 1. The van der Waals surface area contributed by atoms with Gasteiger partial charge in [-0.15, -0.1) is 0 Å². The van der Waals surface area contributed by atoms with Crippen LogP contribution in [0, 0.1) is 5.92 Å². The summed E-state index contributed by atoms with van der Waals surface area (Å²) in [6.45, 7) is 9.25. The Kier molecular flexibility index (Phi) is 6.41. The Balaban J connectivity index is 1.47. The number of nitrogens with two attached hydrogens (primary N) is 1. The zero-order chi connectivity index (χ0) is 25.2. The van der Waals surface area contributed by atoms with Gasteiger partial charge in [0.25, 0.3) is 0 Å². The molecule has 1 amide bonds. The third-order valence-corrected chi connectivity index (χ3v) is 6.63. The summed E-state index contributed by atoms with van der Waals surface area (Å²) in [7, 11) is 0. The summed E-state index contributed by atoms with van der Waals surface area (Å²) in [4.78, 5) is 23.6. The predicted molar refractivity (Wildman–Crippen MR) is 141 cm³/mol. The first kappa shape index (κ1) is 23.5. The molecular formula is C28H30N6O2. The van der Waals surface area contributed by atoms with Crippen LogP contribution in [-0.4, -0.2) is 43.6 Å². The quantitative estimate of drug-likeness (QED) is 0.377. The standard InChI is InChI=1S/C28H30N6O2/c1-18(2)19(3)28(35)33-15-7-8-21(16-33)34-27-24(26(29)30-17-31-27)25(32-34)20-11-13-23(14-12-20)36-22-9-5-4-6-10-22/h4-6,9-14,17-18,21H,3,7-8,15-16H2,1-2H3,(H2,29,30,31)/t21-/m1/s1. The van der Waals surface area contributed by atoms with E-state index in [0.29, 0.717) is 41.2 Å². The van der Waals surface area contributed by atoms with Gasteiger partial charge in [0.05, 0.1) is 11.4 Å². The van der Waals surface area contributed by atoms with Crippen molar-refractivity contribution in [2.75, 3.05) is 18.8 Å². The van der Waals surface area contributed by atoms with Gasteiger partial charge in [-0.3, -0.25) is 4.79 Å². The number of anilines is 1. The van der Waals surface area contributed by atoms with Crippen molar-refractivity contribution in [3.63, 3.8) is 0 Å². The maximum atomic E-state index is 13.0. The molecule has 2 aromatic heterocycles. The third-order valence-electron chi connectivity index (χ3n) is 6.63. The number of hydrogen-bond acceptors (Lipinski definition) is 6. The molecule has 1 aliphatic heterocycles. The lowest BCUT2D eigenvalue weighted by molar-refractivity contribution is -0.129. The number of benzene rings is 2. The Labute approximate surface area is 210 Å². The molecule has 0 unspecified atom stereocenters. The van der Waals surface area contributed by atoms with Crippen molar-refractivity contribution < 1.29 is 9.53 Å². The molecule has 5 rings (SSSR count). The Morgan fingerprint density at radius 1 is 1.08 bits per heavy atom. The van der Waals surface area contributed by atoms with Crippen LogP contribution in [0.3, 0.4) is 0 Å². The van der Waals surface area contributed by atoms with Gasteiger partial charge in [-0.1, -0.05) is 38.6 Å². The molecule has 4 aromatic rings. The maximum Gasteiger partial charge on any atom is 0.249 e. The van der Waals surface area contributed by atoms with Crippen molar-refractivity contribution in [1.82, 2.24) is 24.6 Å². The fourth-order valence-electron chi connectivity index (χ4n) is 4.55. The highest BCUT2D eigenvalue weighted by atomic mass is 16.5. The first-order chi connectivity index (χ1) is 17.4.